The van der Waals surface area contributed by atoms with Crippen LogP contribution < -0.4 is 10.1 Å². The number of rotatable bonds is 7. The summed E-state index contributed by atoms with van der Waals surface area (Å²) in [5.41, 5.74) is 0.690. The van der Waals surface area contributed by atoms with Crippen molar-refractivity contribution >= 4 is 46.6 Å². The lowest BCUT2D eigenvalue weighted by Gasteiger charge is -2.13. The molecule has 0 aliphatic rings. The van der Waals surface area contributed by atoms with Gasteiger partial charge >= 0.3 is 0 Å². The predicted molar refractivity (Wildman–Crippen MR) is 103 cm³/mol. The molecule has 1 unspecified atom stereocenters. The van der Waals surface area contributed by atoms with Gasteiger partial charge in [0, 0.05) is 26.6 Å². The van der Waals surface area contributed by atoms with Gasteiger partial charge in [-0.3, -0.25) is 4.79 Å². The van der Waals surface area contributed by atoms with E-state index in [9.17, 15) is 4.79 Å². The fourth-order valence-electron chi connectivity index (χ4n) is 2.01. The summed E-state index contributed by atoms with van der Waals surface area (Å²) in [6, 6.07) is 14.4. The molecule has 0 radical (unpaired) electrons. The van der Waals surface area contributed by atoms with Crippen LogP contribution in [0.25, 0.3) is 0 Å². The van der Waals surface area contributed by atoms with Gasteiger partial charge in [-0.05, 0) is 30.3 Å². The summed E-state index contributed by atoms with van der Waals surface area (Å²) >= 11 is 13.3. The van der Waals surface area contributed by atoms with Gasteiger partial charge in [0.1, 0.15) is 5.75 Å². The van der Waals surface area contributed by atoms with Crippen molar-refractivity contribution in [1.82, 2.24) is 0 Å². The first-order valence-corrected chi connectivity index (χ1v) is 9.13. The van der Waals surface area contributed by atoms with E-state index >= 15 is 0 Å². The van der Waals surface area contributed by atoms with Crippen LogP contribution in [0.2, 0.25) is 10.0 Å². The molecule has 0 saturated heterocycles. The van der Waals surface area contributed by atoms with Gasteiger partial charge in [0.05, 0.1) is 11.8 Å². The molecule has 4 nitrogen and oxygen atoms in total. The molecule has 0 heterocycles. The van der Waals surface area contributed by atoms with Gasteiger partial charge in [0.15, 0.2) is 6.61 Å². The third-order valence-electron chi connectivity index (χ3n) is 3.07. The zero-order chi connectivity index (χ0) is 18.2. The summed E-state index contributed by atoms with van der Waals surface area (Å²) in [6.45, 7) is 1.81. The molecule has 130 valence electrons. The molecular weight excluding hydrogens is 379 g/mol. The molecule has 1 N–H and O–H groups in total. The smallest absolute Gasteiger partial charge is 0.262 e. The molecule has 1 atom stereocenters. The first-order valence-electron chi connectivity index (χ1n) is 7.49. The normalized spacial score (nSPS) is 11.4. The number of halogens is 2. The van der Waals surface area contributed by atoms with Crippen LogP contribution in [0.5, 0.6) is 5.75 Å². The Bertz CT molecular complexity index is 773. The van der Waals surface area contributed by atoms with Crippen molar-refractivity contribution in [3.63, 3.8) is 0 Å². The van der Waals surface area contributed by atoms with Gasteiger partial charge in [0.25, 0.3) is 5.91 Å². The Morgan fingerprint density at radius 2 is 1.96 bits per heavy atom. The molecule has 1 amide bonds. The number of carbonyl (C=O) groups excluding carboxylic acids is 1. The minimum atomic E-state index is -0.294. The Morgan fingerprint density at radius 1 is 1.28 bits per heavy atom. The molecule has 0 aliphatic carbocycles. The fourth-order valence-corrected chi connectivity index (χ4v) is 3.51. The van der Waals surface area contributed by atoms with Gasteiger partial charge < -0.3 is 10.1 Å². The Balaban J connectivity index is 1.97. The Hall–Kier alpha value is -1.87. The van der Waals surface area contributed by atoms with Crippen LogP contribution in [0.15, 0.2) is 47.4 Å². The lowest BCUT2D eigenvalue weighted by atomic mass is 10.3. The van der Waals surface area contributed by atoms with Crippen LogP contribution in [0.3, 0.4) is 0 Å². The van der Waals surface area contributed by atoms with Crippen molar-refractivity contribution in [2.24, 2.45) is 0 Å². The number of anilines is 1. The number of amides is 1. The van der Waals surface area contributed by atoms with Gasteiger partial charge in [-0.1, -0.05) is 42.3 Å². The minimum absolute atomic E-state index is 0.132. The van der Waals surface area contributed by atoms with Crippen LogP contribution in [0.1, 0.15) is 13.3 Å². The zero-order valence-electron chi connectivity index (χ0n) is 13.5. The van der Waals surface area contributed by atoms with E-state index in [1.54, 1.807) is 30.0 Å². The lowest BCUT2D eigenvalue weighted by Crippen LogP contribution is -2.20. The molecular formula is C18H16Cl2N2O2S. The number of nitriles is 1. The third kappa shape index (κ3) is 6.50. The highest BCUT2D eigenvalue weighted by Gasteiger charge is 2.11. The van der Waals surface area contributed by atoms with Crippen LogP contribution in [-0.4, -0.2) is 17.8 Å². The molecule has 2 aromatic rings. The van der Waals surface area contributed by atoms with Crippen molar-refractivity contribution in [3.05, 3.63) is 52.5 Å². The second-order valence-corrected chi connectivity index (χ2v) is 7.58. The Kier molecular flexibility index (Phi) is 7.45. The second kappa shape index (κ2) is 9.57. The topological polar surface area (TPSA) is 62.1 Å². The first kappa shape index (κ1) is 19.5. The Labute approximate surface area is 161 Å². The summed E-state index contributed by atoms with van der Waals surface area (Å²) in [5.74, 6) is 0.134. The maximum absolute atomic E-state index is 12.2. The summed E-state index contributed by atoms with van der Waals surface area (Å²) in [4.78, 5) is 13.1. The maximum Gasteiger partial charge on any atom is 0.262 e. The van der Waals surface area contributed by atoms with Gasteiger partial charge in [-0.25, -0.2) is 0 Å². The molecule has 2 aromatic carbocycles. The van der Waals surface area contributed by atoms with Gasteiger partial charge in [-0.15, -0.1) is 11.8 Å². The van der Waals surface area contributed by atoms with Crippen molar-refractivity contribution < 1.29 is 9.53 Å². The molecule has 0 aromatic heterocycles. The monoisotopic (exact) mass is 394 g/mol. The highest BCUT2D eigenvalue weighted by atomic mass is 35.5. The second-order valence-electron chi connectivity index (χ2n) is 5.23. The van der Waals surface area contributed by atoms with Crippen LogP contribution in [0, 0.1) is 11.3 Å². The van der Waals surface area contributed by atoms with E-state index < -0.39 is 0 Å². The Morgan fingerprint density at radius 3 is 2.64 bits per heavy atom. The number of nitrogens with zero attached hydrogens (tertiary/aromatic N) is 1. The van der Waals surface area contributed by atoms with Gasteiger partial charge in [-0.2, -0.15) is 5.26 Å². The highest BCUT2D eigenvalue weighted by molar-refractivity contribution is 8.00. The summed E-state index contributed by atoms with van der Waals surface area (Å²) < 4.78 is 5.43. The SMILES string of the molecule is CC(CC#N)Sc1ccccc1NC(=O)COc1cc(Cl)cc(Cl)c1. The van der Waals surface area contributed by atoms with Crippen molar-refractivity contribution in [3.8, 4) is 11.8 Å². The number of thioether (sulfide) groups is 1. The highest BCUT2D eigenvalue weighted by Crippen LogP contribution is 2.31. The van der Waals surface area contributed by atoms with E-state index in [2.05, 4.69) is 11.4 Å². The summed E-state index contributed by atoms with van der Waals surface area (Å²) in [6.07, 6.45) is 0.436. The van der Waals surface area contributed by atoms with Crippen LogP contribution in [-0.2, 0) is 4.79 Å². The number of hydrogen-bond acceptors (Lipinski definition) is 4. The number of nitrogens with one attached hydrogen (secondary N) is 1. The molecule has 25 heavy (non-hydrogen) atoms. The molecule has 7 heteroatoms. The average Bonchev–Trinajstić information content (AvgIpc) is 2.54. The first-order chi connectivity index (χ1) is 12.0. The van der Waals surface area contributed by atoms with E-state index in [0.29, 0.717) is 27.9 Å². The fraction of sp³-hybridized carbons (Fsp3) is 0.222. The lowest BCUT2D eigenvalue weighted by molar-refractivity contribution is -0.118. The average molecular weight is 395 g/mol. The van der Waals surface area contributed by atoms with Crippen molar-refractivity contribution in [2.45, 2.75) is 23.5 Å². The van der Waals surface area contributed by atoms with E-state index in [4.69, 9.17) is 33.2 Å². The van der Waals surface area contributed by atoms with Gasteiger partial charge in [0.2, 0.25) is 0 Å². The largest absolute Gasteiger partial charge is 0.484 e. The van der Waals surface area contributed by atoms with E-state index in [1.165, 1.54) is 0 Å². The zero-order valence-corrected chi connectivity index (χ0v) is 15.8. The summed E-state index contributed by atoms with van der Waals surface area (Å²) in [5, 5.41) is 12.6. The number of benzene rings is 2. The number of carbonyl (C=O) groups is 1. The quantitative estimate of drug-likeness (QED) is 0.637. The summed E-state index contributed by atoms with van der Waals surface area (Å²) in [7, 11) is 0. The van der Waals surface area contributed by atoms with Crippen molar-refractivity contribution in [2.75, 3.05) is 11.9 Å². The standard InChI is InChI=1S/C18H16Cl2N2O2S/c1-12(6-7-21)25-17-5-3-2-4-16(17)22-18(23)11-24-15-9-13(19)8-14(20)10-15/h2-5,8-10,12H,6,11H2,1H3,(H,22,23). The number of para-hydroxylation sites is 1. The maximum atomic E-state index is 12.2. The number of hydrogen-bond donors (Lipinski definition) is 1. The van der Waals surface area contributed by atoms with Crippen LogP contribution in [0.4, 0.5) is 5.69 Å². The number of ether oxygens (including phenoxy) is 1. The molecule has 0 fully saturated rings. The van der Waals surface area contributed by atoms with Crippen LogP contribution >= 0.6 is 35.0 Å². The minimum Gasteiger partial charge on any atom is -0.484 e. The van der Waals surface area contributed by atoms with E-state index in [-0.39, 0.29) is 17.8 Å². The molecule has 0 saturated carbocycles. The predicted octanol–water partition coefficient (Wildman–Crippen LogP) is 5.41. The molecule has 0 aliphatic heterocycles. The van der Waals surface area contributed by atoms with E-state index in [0.717, 1.165) is 4.90 Å². The molecule has 2 rings (SSSR count). The molecule has 0 bridgehead atoms. The van der Waals surface area contributed by atoms with Crippen molar-refractivity contribution in [1.29, 1.82) is 5.26 Å². The molecule has 0 spiro atoms. The third-order valence-corrected chi connectivity index (χ3v) is 4.69. The van der Waals surface area contributed by atoms with E-state index in [1.807, 2.05) is 31.2 Å².